The lowest BCUT2D eigenvalue weighted by atomic mass is 10.1. The van der Waals surface area contributed by atoms with Gasteiger partial charge in [-0.25, -0.2) is 0 Å². The summed E-state index contributed by atoms with van der Waals surface area (Å²) in [6, 6.07) is 6.03. The van der Waals surface area contributed by atoms with Gasteiger partial charge in [0, 0.05) is 36.9 Å². The molecule has 0 spiro atoms. The van der Waals surface area contributed by atoms with E-state index in [9.17, 15) is 0 Å². The molecule has 0 fully saturated rings. The average molecular weight is 207 g/mol. The van der Waals surface area contributed by atoms with E-state index in [1.54, 1.807) is 0 Å². The minimum atomic E-state index is 0.157. The van der Waals surface area contributed by atoms with E-state index in [4.69, 9.17) is 0 Å². The molecule has 84 valence electrons. The summed E-state index contributed by atoms with van der Waals surface area (Å²) in [6.07, 6.45) is 2.83. The first-order chi connectivity index (χ1) is 7.14. The topological polar surface area (TPSA) is 37.0 Å². The Morgan fingerprint density at radius 3 is 2.73 bits per heavy atom. The summed E-state index contributed by atoms with van der Waals surface area (Å²) >= 11 is 0. The summed E-state index contributed by atoms with van der Waals surface area (Å²) in [6.45, 7) is 6.31. The summed E-state index contributed by atoms with van der Waals surface area (Å²) in [4.78, 5) is 4.28. The molecule has 0 atom stereocenters. The predicted octanol–water partition coefficient (Wildman–Crippen LogP) is 1.21. The first-order valence-electron chi connectivity index (χ1n) is 5.43. The fraction of sp³-hybridized carbons (Fsp3) is 0.583. The van der Waals surface area contributed by atoms with Gasteiger partial charge in [-0.05, 0) is 33.0 Å². The summed E-state index contributed by atoms with van der Waals surface area (Å²) in [5.74, 6) is 0. The van der Waals surface area contributed by atoms with Gasteiger partial charge in [-0.15, -0.1) is 0 Å². The maximum absolute atomic E-state index is 4.28. The molecule has 0 radical (unpaired) electrons. The molecule has 3 heteroatoms. The fourth-order valence-corrected chi connectivity index (χ4v) is 1.25. The summed E-state index contributed by atoms with van der Waals surface area (Å²) in [5, 5.41) is 6.68. The molecule has 0 aliphatic rings. The van der Waals surface area contributed by atoms with Gasteiger partial charge in [0.2, 0.25) is 0 Å². The van der Waals surface area contributed by atoms with Gasteiger partial charge in [0.15, 0.2) is 0 Å². The first kappa shape index (κ1) is 12.1. The third-order valence-corrected chi connectivity index (χ3v) is 2.53. The maximum Gasteiger partial charge on any atom is 0.0416 e. The fourth-order valence-electron chi connectivity index (χ4n) is 1.25. The van der Waals surface area contributed by atoms with E-state index in [1.165, 1.54) is 0 Å². The third-order valence-electron chi connectivity index (χ3n) is 2.53. The third kappa shape index (κ3) is 4.91. The number of likely N-dealkylation sites (N-methyl/N-ethyl adjacent to an activating group) is 1. The van der Waals surface area contributed by atoms with Crippen LogP contribution < -0.4 is 10.6 Å². The second-order valence-corrected chi connectivity index (χ2v) is 4.38. The van der Waals surface area contributed by atoms with Crippen LogP contribution in [0.4, 0.5) is 0 Å². The highest BCUT2D eigenvalue weighted by Gasteiger charge is 2.12. The second-order valence-electron chi connectivity index (χ2n) is 4.38. The number of nitrogens with zero attached hydrogens (tertiary/aromatic N) is 1. The molecule has 0 saturated heterocycles. The molecule has 0 amide bonds. The van der Waals surface area contributed by atoms with Crippen LogP contribution in [0.25, 0.3) is 0 Å². The van der Waals surface area contributed by atoms with Crippen LogP contribution in [0.3, 0.4) is 0 Å². The molecule has 1 rings (SSSR count). The summed E-state index contributed by atoms with van der Waals surface area (Å²) in [7, 11) is 1.99. The number of aromatic nitrogens is 1. The number of hydrogen-bond acceptors (Lipinski definition) is 3. The Kier molecular flexibility index (Phi) is 4.72. The smallest absolute Gasteiger partial charge is 0.0416 e. The molecule has 3 nitrogen and oxygen atoms in total. The zero-order valence-electron chi connectivity index (χ0n) is 9.88. The molecule has 0 saturated carbocycles. The van der Waals surface area contributed by atoms with Crippen LogP contribution in [0, 0.1) is 0 Å². The van der Waals surface area contributed by atoms with Crippen molar-refractivity contribution in [3.05, 3.63) is 30.1 Å². The highest BCUT2D eigenvalue weighted by Crippen LogP contribution is 1.98. The van der Waals surface area contributed by atoms with Crippen molar-refractivity contribution in [2.24, 2.45) is 0 Å². The van der Waals surface area contributed by atoms with Gasteiger partial charge < -0.3 is 10.6 Å². The zero-order valence-corrected chi connectivity index (χ0v) is 9.88. The number of hydrogen-bond donors (Lipinski definition) is 2. The van der Waals surface area contributed by atoms with E-state index in [0.29, 0.717) is 0 Å². The van der Waals surface area contributed by atoms with Gasteiger partial charge in [-0.3, -0.25) is 4.98 Å². The molecule has 1 heterocycles. The molecular weight excluding hydrogens is 186 g/mol. The van der Waals surface area contributed by atoms with Crippen molar-refractivity contribution >= 4 is 0 Å². The van der Waals surface area contributed by atoms with Crippen molar-refractivity contribution in [1.82, 2.24) is 15.6 Å². The Bertz CT molecular complexity index is 269. The molecule has 1 aromatic heterocycles. The lowest BCUT2D eigenvalue weighted by Crippen LogP contribution is -2.46. The highest BCUT2D eigenvalue weighted by atomic mass is 15.0. The van der Waals surface area contributed by atoms with Crippen LogP contribution in [0.1, 0.15) is 19.5 Å². The van der Waals surface area contributed by atoms with Gasteiger partial charge in [-0.1, -0.05) is 6.07 Å². The lowest BCUT2D eigenvalue weighted by molar-refractivity contribution is 0.395. The van der Waals surface area contributed by atoms with Crippen molar-refractivity contribution in [3.63, 3.8) is 0 Å². The molecule has 2 N–H and O–H groups in total. The largest absolute Gasteiger partial charge is 0.315 e. The summed E-state index contributed by atoms with van der Waals surface area (Å²) in [5.41, 5.74) is 1.30. The van der Waals surface area contributed by atoms with E-state index in [1.807, 2.05) is 25.4 Å². The van der Waals surface area contributed by atoms with Crippen LogP contribution in [0.2, 0.25) is 0 Å². The quantitative estimate of drug-likeness (QED) is 0.689. The van der Waals surface area contributed by atoms with Crippen LogP contribution in [-0.4, -0.2) is 30.7 Å². The molecule has 1 aromatic rings. The van der Waals surface area contributed by atoms with Crippen molar-refractivity contribution in [1.29, 1.82) is 0 Å². The molecule has 0 aliphatic heterocycles. The highest BCUT2D eigenvalue weighted by molar-refractivity contribution is 5.03. The Balaban J connectivity index is 2.18. The van der Waals surface area contributed by atoms with Crippen LogP contribution in [0.15, 0.2) is 24.4 Å². The molecule has 0 aromatic carbocycles. The SMILES string of the molecule is CNC(C)(C)CNCCc1ccccn1. The van der Waals surface area contributed by atoms with Gasteiger partial charge in [0.1, 0.15) is 0 Å². The van der Waals surface area contributed by atoms with E-state index < -0.39 is 0 Å². The Hall–Kier alpha value is -0.930. The van der Waals surface area contributed by atoms with E-state index >= 15 is 0 Å². The average Bonchev–Trinajstić information content (AvgIpc) is 2.26. The normalized spacial score (nSPS) is 11.7. The van der Waals surface area contributed by atoms with Crippen molar-refractivity contribution < 1.29 is 0 Å². The first-order valence-corrected chi connectivity index (χ1v) is 5.43. The lowest BCUT2D eigenvalue weighted by Gasteiger charge is -2.24. The molecule has 0 aliphatic carbocycles. The van der Waals surface area contributed by atoms with Gasteiger partial charge in [0.25, 0.3) is 0 Å². The Morgan fingerprint density at radius 2 is 2.13 bits per heavy atom. The van der Waals surface area contributed by atoms with Crippen molar-refractivity contribution in [3.8, 4) is 0 Å². The molecular formula is C12H21N3. The van der Waals surface area contributed by atoms with Crippen molar-refractivity contribution in [2.45, 2.75) is 25.8 Å². The number of nitrogens with one attached hydrogen (secondary N) is 2. The second kappa shape index (κ2) is 5.83. The van der Waals surface area contributed by atoms with Gasteiger partial charge in [0.05, 0.1) is 0 Å². The van der Waals surface area contributed by atoms with Crippen LogP contribution >= 0.6 is 0 Å². The minimum Gasteiger partial charge on any atom is -0.315 e. The maximum atomic E-state index is 4.28. The number of rotatable bonds is 6. The monoisotopic (exact) mass is 207 g/mol. The summed E-state index contributed by atoms with van der Waals surface area (Å²) < 4.78 is 0. The number of pyridine rings is 1. The minimum absolute atomic E-state index is 0.157. The van der Waals surface area contributed by atoms with Gasteiger partial charge in [-0.2, -0.15) is 0 Å². The predicted molar refractivity (Wildman–Crippen MR) is 63.9 cm³/mol. The standard InChI is InChI=1S/C12H21N3/c1-12(2,13-3)10-14-9-7-11-6-4-5-8-15-11/h4-6,8,13-14H,7,9-10H2,1-3H3. The van der Waals surface area contributed by atoms with Crippen molar-refractivity contribution in [2.75, 3.05) is 20.1 Å². The molecule has 15 heavy (non-hydrogen) atoms. The van der Waals surface area contributed by atoms with Crippen LogP contribution in [0.5, 0.6) is 0 Å². The Labute approximate surface area is 92.3 Å². The van der Waals surface area contributed by atoms with Crippen LogP contribution in [-0.2, 0) is 6.42 Å². The van der Waals surface area contributed by atoms with E-state index in [-0.39, 0.29) is 5.54 Å². The Morgan fingerprint density at radius 1 is 1.33 bits per heavy atom. The molecule has 0 bridgehead atoms. The molecule has 0 unspecified atom stereocenters. The van der Waals surface area contributed by atoms with E-state index in [0.717, 1.165) is 25.2 Å². The zero-order chi connectivity index (χ0) is 11.1. The van der Waals surface area contributed by atoms with Gasteiger partial charge >= 0.3 is 0 Å². The van der Waals surface area contributed by atoms with E-state index in [2.05, 4.69) is 35.5 Å².